The average Bonchev–Trinajstić information content (AvgIpc) is 3.35. The third kappa shape index (κ3) is 1.89. The van der Waals surface area contributed by atoms with Gasteiger partial charge in [0.25, 0.3) is 0 Å². The monoisotopic (exact) mass is 400 g/mol. The van der Waals surface area contributed by atoms with Crippen LogP contribution in [-0.2, 0) is 14.3 Å². The van der Waals surface area contributed by atoms with Crippen LogP contribution >= 0.6 is 11.7 Å². The van der Waals surface area contributed by atoms with E-state index in [4.69, 9.17) is 4.74 Å². The molecule has 3 saturated heterocycles. The number of anilines is 1. The second-order valence-electron chi connectivity index (χ2n) is 7.72. The first-order valence-corrected chi connectivity index (χ1v) is 9.63. The molecule has 9 nitrogen and oxygen atoms in total. The van der Waals surface area contributed by atoms with Crippen molar-refractivity contribution in [2.75, 3.05) is 11.5 Å². The molecule has 0 spiro atoms. The first kappa shape index (κ1) is 17.6. The van der Waals surface area contributed by atoms with Crippen molar-refractivity contribution in [2.45, 2.75) is 37.1 Å². The maximum absolute atomic E-state index is 13.4. The van der Waals surface area contributed by atoms with Crippen LogP contribution in [0.5, 0.6) is 0 Å². The van der Waals surface area contributed by atoms with Crippen LogP contribution in [0.25, 0.3) is 11.0 Å². The minimum atomic E-state index is -1.19. The van der Waals surface area contributed by atoms with E-state index < -0.39 is 41.0 Å². The summed E-state index contributed by atoms with van der Waals surface area (Å²) in [5.74, 6) is -2.52. The molecule has 3 fully saturated rings. The minimum absolute atomic E-state index is 0.161. The standard InChI is InChI=1S/C18H16N4O5S/c1-17-10(24)6-18(27-17,4-5-23)12-11(17)15(25)22(16(12)26)9-3-2-8(7-19)13-14(9)21-28-20-13/h2-3,10-12,23-24H,4-6H2,1H3/t10-,11-,12+,17+,18?/m0/s1. The van der Waals surface area contributed by atoms with E-state index in [9.17, 15) is 25.1 Å². The summed E-state index contributed by atoms with van der Waals surface area (Å²) in [4.78, 5) is 27.8. The molecule has 1 aromatic carbocycles. The average molecular weight is 400 g/mol. The van der Waals surface area contributed by atoms with Gasteiger partial charge in [-0.05, 0) is 19.1 Å². The zero-order valence-corrected chi connectivity index (χ0v) is 15.6. The highest BCUT2D eigenvalue weighted by Gasteiger charge is 2.76. The SMILES string of the molecule is C[C@@]12OC(CCO)(C[C@@H]1O)[C@H]1C(=O)N(c3ccc(C#N)c4nsnc34)C(=O)[C@H]12. The lowest BCUT2D eigenvalue weighted by Crippen LogP contribution is -2.49. The van der Waals surface area contributed by atoms with Crippen molar-refractivity contribution in [1.29, 1.82) is 5.26 Å². The first-order valence-electron chi connectivity index (χ1n) is 8.90. The molecule has 0 saturated carbocycles. The number of nitriles is 1. The number of nitrogens with zero attached hydrogens (tertiary/aromatic N) is 4. The third-order valence-electron chi connectivity index (χ3n) is 6.40. The van der Waals surface area contributed by atoms with Gasteiger partial charge in [0.2, 0.25) is 11.8 Å². The number of carbonyl (C=O) groups is 2. The van der Waals surface area contributed by atoms with Gasteiger partial charge < -0.3 is 14.9 Å². The van der Waals surface area contributed by atoms with Crippen molar-refractivity contribution in [3.63, 3.8) is 0 Å². The van der Waals surface area contributed by atoms with Crippen molar-refractivity contribution >= 4 is 40.3 Å². The Bertz CT molecular complexity index is 1080. The van der Waals surface area contributed by atoms with E-state index in [0.29, 0.717) is 16.6 Å². The van der Waals surface area contributed by atoms with E-state index in [1.807, 2.05) is 6.07 Å². The van der Waals surface area contributed by atoms with Crippen molar-refractivity contribution in [3.8, 4) is 6.07 Å². The molecule has 2 N–H and O–H groups in total. The summed E-state index contributed by atoms with van der Waals surface area (Å²) in [5.41, 5.74) is -0.994. The van der Waals surface area contributed by atoms with Crippen LogP contribution in [0.1, 0.15) is 25.3 Å². The molecular formula is C18H16N4O5S. The zero-order chi connectivity index (χ0) is 19.8. The van der Waals surface area contributed by atoms with E-state index >= 15 is 0 Å². The van der Waals surface area contributed by atoms with Gasteiger partial charge in [0.1, 0.15) is 22.7 Å². The number of aliphatic hydroxyl groups excluding tert-OH is 2. The Kier molecular flexibility index (Phi) is 3.49. The molecule has 144 valence electrons. The second-order valence-corrected chi connectivity index (χ2v) is 8.25. The Morgan fingerprint density at radius 2 is 2.04 bits per heavy atom. The molecule has 28 heavy (non-hydrogen) atoms. The van der Waals surface area contributed by atoms with E-state index in [1.54, 1.807) is 6.92 Å². The number of rotatable bonds is 3. The predicted molar refractivity (Wildman–Crippen MR) is 96.2 cm³/mol. The molecule has 5 rings (SSSR count). The number of carbonyl (C=O) groups excluding carboxylic acids is 2. The number of amides is 2. The molecular weight excluding hydrogens is 384 g/mol. The van der Waals surface area contributed by atoms with Crippen LogP contribution < -0.4 is 4.90 Å². The molecule has 5 atom stereocenters. The van der Waals surface area contributed by atoms with Crippen LogP contribution in [0, 0.1) is 23.2 Å². The number of fused-ring (bicyclic) bond motifs is 6. The lowest BCUT2D eigenvalue weighted by atomic mass is 9.66. The molecule has 1 unspecified atom stereocenters. The maximum Gasteiger partial charge on any atom is 0.240 e. The summed E-state index contributed by atoms with van der Waals surface area (Å²) in [7, 11) is 0. The summed E-state index contributed by atoms with van der Waals surface area (Å²) in [6, 6.07) is 5.07. The molecule has 0 aliphatic carbocycles. The van der Waals surface area contributed by atoms with Gasteiger partial charge in [-0.25, -0.2) is 4.90 Å². The van der Waals surface area contributed by atoms with Gasteiger partial charge in [0, 0.05) is 19.4 Å². The second kappa shape index (κ2) is 5.55. The molecule has 4 heterocycles. The smallest absolute Gasteiger partial charge is 0.240 e. The van der Waals surface area contributed by atoms with Gasteiger partial charge in [-0.1, -0.05) is 0 Å². The number of aromatic nitrogens is 2. The highest BCUT2D eigenvalue weighted by Crippen LogP contribution is 2.62. The number of aliphatic hydroxyl groups is 2. The first-order chi connectivity index (χ1) is 13.4. The molecule has 0 radical (unpaired) electrons. The van der Waals surface area contributed by atoms with Gasteiger partial charge in [0.15, 0.2) is 0 Å². The fraction of sp³-hybridized carbons (Fsp3) is 0.500. The van der Waals surface area contributed by atoms with Crippen LogP contribution in [0.2, 0.25) is 0 Å². The molecule has 2 bridgehead atoms. The van der Waals surface area contributed by atoms with Gasteiger partial charge in [0.05, 0.1) is 46.5 Å². The third-order valence-corrected chi connectivity index (χ3v) is 6.93. The number of ether oxygens (including phenoxy) is 1. The van der Waals surface area contributed by atoms with Gasteiger partial charge in [-0.3, -0.25) is 9.59 Å². The van der Waals surface area contributed by atoms with Gasteiger partial charge >= 0.3 is 0 Å². The Balaban J connectivity index is 1.66. The number of imide groups is 1. The van der Waals surface area contributed by atoms with Gasteiger partial charge in [-0.15, -0.1) is 0 Å². The fourth-order valence-corrected chi connectivity index (χ4v) is 5.74. The van der Waals surface area contributed by atoms with Crippen LogP contribution in [0.4, 0.5) is 5.69 Å². The maximum atomic E-state index is 13.4. The lowest BCUT2D eigenvalue weighted by Gasteiger charge is -2.33. The van der Waals surface area contributed by atoms with Crippen LogP contribution in [0.15, 0.2) is 12.1 Å². The van der Waals surface area contributed by atoms with Crippen molar-refractivity contribution in [2.24, 2.45) is 11.8 Å². The predicted octanol–water partition coefficient (Wildman–Crippen LogP) is 0.343. The molecule has 3 aliphatic rings. The highest BCUT2D eigenvalue weighted by atomic mass is 32.1. The van der Waals surface area contributed by atoms with Crippen molar-refractivity contribution in [1.82, 2.24) is 8.75 Å². The zero-order valence-electron chi connectivity index (χ0n) is 14.8. The highest BCUT2D eigenvalue weighted by molar-refractivity contribution is 7.00. The molecule has 2 aromatic rings. The lowest BCUT2D eigenvalue weighted by molar-refractivity contribution is -0.134. The van der Waals surface area contributed by atoms with Crippen LogP contribution in [0.3, 0.4) is 0 Å². The summed E-state index contributed by atoms with van der Waals surface area (Å²) in [6.45, 7) is 1.43. The number of benzene rings is 1. The fourth-order valence-electron chi connectivity index (χ4n) is 5.18. The Hall–Kier alpha value is -2.45. The molecule has 10 heteroatoms. The van der Waals surface area contributed by atoms with E-state index in [0.717, 1.165) is 16.6 Å². The van der Waals surface area contributed by atoms with E-state index in [1.165, 1.54) is 12.1 Å². The number of hydrogen-bond donors (Lipinski definition) is 2. The van der Waals surface area contributed by atoms with E-state index in [-0.39, 0.29) is 25.1 Å². The van der Waals surface area contributed by atoms with Crippen molar-refractivity contribution in [3.05, 3.63) is 17.7 Å². The summed E-state index contributed by atoms with van der Waals surface area (Å²) in [6.07, 6.45) is -0.549. The van der Waals surface area contributed by atoms with Crippen molar-refractivity contribution < 1.29 is 24.5 Å². The largest absolute Gasteiger partial charge is 0.396 e. The van der Waals surface area contributed by atoms with E-state index in [2.05, 4.69) is 8.75 Å². The Morgan fingerprint density at radius 1 is 1.32 bits per heavy atom. The number of hydrogen-bond acceptors (Lipinski definition) is 9. The topological polar surface area (TPSA) is 137 Å². The molecule has 1 aromatic heterocycles. The summed E-state index contributed by atoms with van der Waals surface area (Å²) in [5, 5.41) is 29.3. The minimum Gasteiger partial charge on any atom is -0.396 e. The normalized spacial score (nSPS) is 36.4. The molecule has 2 amide bonds. The van der Waals surface area contributed by atoms with Crippen LogP contribution in [-0.4, -0.2) is 54.7 Å². The Morgan fingerprint density at radius 3 is 2.75 bits per heavy atom. The summed E-state index contributed by atoms with van der Waals surface area (Å²) >= 11 is 0.901. The molecule has 3 aliphatic heterocycles. The van der Waals surface area contributed by atoms with Gasteiger partial charge in [-0.2, -0.15) is 14.0 Å². The Labute approximate surface area is 163 Å². The summed E-state index contributed by atoms with van der Waals surface area (Å²) < 4.78 is 14.4. The quantitative estimate of drug-likeness (QED) is 0.704.